The number of aromatic nitrogens is 2. The van der Waals surface area contributed by atoms with Gasteiger partial charge in [0.05, 0.1) is 33.2 Å². The van der Waals surface area contributed by atoms with E-state index >= 15 is 0 Å². The predicted molar refractivity (Wildman–Crippen MR) is 146 cm³/mol. The van der Waals surface area contributed by atoms with Crippen LogP contribution in [0.1, 0.15) is 61.2 Å². The Morgan fingerprint density at radius 1 is 1.19 bits per heavy atom. The summed E-state index contributed by atoms with van der Waals surface area (Å²) in [7, 11) is 2.20. The lowest BCUT2D eigenvalue weighted by molar-refractivity contribution is -0.148. The molecular weight excluding hydrogens is 484 g/mol. The van der Waals surface area contributed by atoms with Crippen LogP contribution in [-0.2, 0) is 16.0 Å². The van der Waals surface area contributed by atoms with E-state index in [4.69, 9.17) is 10.7 Å². The van der Waals surface area contributed by atoms with Crippen LogP contribution in [0.4, 0.5) is 11.5 Å². The lowest BCUT2D eigenvalue weighted by atomic mass is 9.91. The molecule has 37 heavy (non-hydrogen) atoms. The van der Waals surface area contributed by atoms with Gasteiger partial charge in [-0.05, 0) is 80.8 Å². The van der Waals surface area contributed by atoms with Gasteiger partial charge in [-0.3, -0.25) is 9.59 Å². The van der Waals surface area contributed by atoms with Gasteiger partial charge in [0.25, 0.3) is 0 Å². The Bertz CT molecular complexity index is 1360. The van der Waals surface area contributed by atoms with Crippen LogP contribution in [0, 0.1) is 11.8 Å². The number of likely N-dealkylation sites (tertiary alicyclic amines) is 2. The number of pyridine rings is 1. The van der Waals surface area contributed by atoms with E-state index in [1.165, 1.54) is 29.0 Å². The summed E-state index contributed by atoms with van der Waals surface area (Å²) < 4.78 is 1.19. The van der Waals surface area contributed by atoms with Crippen molar-refractivity contribution in [3.05, 3.63) is 46.6 Å². The number of amides is 2. The quantitative estimate of drug-likeness (QED) is 0.502. The molecule has 2 saturated heterocycles. The molecule has 3 aromatic rings. The van der Waals surface area contributed by atoms with Gasteiger partial charge in [0.1, 0.15) is 5.82 Å². The first-order valence-electron chi connectivity index (χ1n) is 13.3. The SMILES string of the molecule is CCc1cc(NC(=O)C(=O)N2C(C)CCC[C@@H]2c2ccc3sc(C4[C@H]5CN(C)C[C@@H]45)nc3c2)cnc1N. The molecule has 3 N–H and O–H groups in total. The first-order chi connectivity index (χ1) is 17.8. The van der Waals surface area contributed by atoms with Gasteiger partial charge < -0.3 is 20.9 Å². The molecule has 1 aliphatic carbocycles. The number of nitrogens with two attached hydrogens (primary N) is 1. The maximum absolute atomic E-state index is 13.5. The second-order valence-corrected chi connectivity index (χ2v) is 12.0. The summed E-state index contributed by atoms with van der Waals surface area (Å²) in [4.78, 5) is 39.9. The van der Waals surface area contributed by atoms with Crippen molar-refractivity contribution >= 4 is 44.9 Å². The molecule has 2 unspecified atom stereocenters. The van der Waals surface area contributed by atoms with Crippen molar-refractivity contribution in [1.82, 2.24) is 19.8 Å². The van der Waals surface area contributed by atoms with E-state index in [1.807, 2.05) is 25.2 Å². The van der Waals surface area contributed by atoms with Crippen molar-refractivity contribution in [3.63, 3.8) is 0 Å². The minimum Gasteiger partial charge on any atom is -0.383 e. The number of hydrogen-bond acceptors (Lipinski definition) is 7. The highest BCUT2D eigenvalue weighted by Crippen LogP contribution is 2.59. The summed E-state index contributed by atoms with van der Waals surface area (Å²) in [6.07, 6.45) is 4.91. The molecule has 1 saturated carbocycles. The molecule has 3 fully saturated rings. The summed E-state index contributed by atoms with van der Waals surface area (Å²) in [5.41, 5.74) is 9.27. The molecule has 1 aromatic carbocycles. The monoisotopic (exact) mass is 518 g/mol. The molecule has 0 bridgehead atoms. The van der Waals surface area contributed by atoms with Crippen LogP contribution < -0.4 is 11.1 Å². The van der Waals surface area contributed by atoms with E-state index in [0.717, 1.165) is 47.7 Å². The van der Waals surface area contributed by atoms with Crippen molar-refractivity contribution in [1.29, 1.82) is 0 Å². The molecule has 9 heteroatoms. The summed E-state index contributed by atoms with van der Waals surface area (Å²) in [6, 6.07) is 8.00. The summed E-state index contributed by atoms with van der Waals surface area (Å²) in [5, 5.41) is 4.00. The Morgan fingerprint density at radius 2 is 1.97 bits per heavy atom. The zero-order chi connectivity index (χ0) is 25.8. The molecule has 194 valence electrons. The topological polar surface area (TPSA) is 104 Å². The number of rotatable bonds is 4. The number of nitrogen functional groups attached to an aromatic ring is 1. The van der Waals surface area contributed by atoms with Crippen LogP contribution in [0.3, 0.4) is 0 Å². The zero-order valence-electron chi connectivity index (χ0n) is 21.6. The van der Waals surface area contributed by atoms with Crippen molar-refractivity contribution in [2.24, 2.45) is 11.8 Å². The predicted octanol–water partition coefficient (Wildman–Crippen LogP) is 4.19. The number of hydrogen-bond donors (Lipinski definition) is 2. The molecule has 2 aliphatic heterocycles. The third-order valence-electron chi connectivity index (χ3n) is 8.45. The summed E-state index contributed by atoms with van der Waals surface area (Å²) in [5.74, 6) is 1.38. The maximum Gasteiger partial charge on any atom is 0.313 e. The van der Waals surface area contributed by atoms with Gasteiger partial charge in [-0.15, -0.1) is 11.3 Å². The van der Waals surface area contributed by atoms with Gasteiger partial charge in [0, 0.05) is 25.0 Å². The van der Waals surface area contributed by atoms with Crippen LogP contribution in [0.25, 0.3) is 10.2 Å². The fourth-order valence-corrected chi connectivity index (χ4v) is 7.65. The molecule has 0 spiro atoms. The Balaban J connectivity index is 1.22. The first-order valence-corrected chi connectivity index (χ1v) is 14.1. The van der Waals surface area contributed by atoms with Crippen LogP contribution in [0.2, 0.25) is 0 Å². The first kappa shape index (κ1) is 24.3. The van der Waals surface area contributed by atoms with E-state index in [0.29, 0.717) is 23.8 Å². The second kappa shape index (κ2) is 9.36. The van der Waals surface area contributed by atoms with Crippen molar-refractivity contribution in [2.75, 3.05) is 31.2 Å². The minimum absolute atomic E-state index is 0.0303. The van der Waals surface area contributed by atoms with Crippen molar-refractivity contribution < 1.29 is 9.59 Å². The number of benzene rings is 1. The third kappa shape index (κ3) is 4.38. The van der Waals surface area contributed by atoms with Gasteiger partial charge in [-0.25, -0.2) is 9.97 Å². The van der Waals surface area contributed by atoms with Gasteiger partial charge in [-0.1, -0.05) is 13.0 Å². The number of piperidine rings is 2. The summed E-state index contributed by atoms with van der Waals surface area (Å²) in [6.45, 7) is 6.34. The fourth-order valence-electron chi connectivity index (χ4n) is 6.45. The van der Waals surface area contributed by atoms with Crippen LogP contribution in [0.15, 0.2) is 30.5 Å². The standard InChI is InChI=1S/C28H34N6O2S/c1-4-16-10-18(12-30-25(16)29)31-26(35)28(36)34-15(2)6-5-7-22(34)17-8-9-23-21(11-17)32-27(37-23)24-19-13-33(3)14-20(19)24/h8-12,15,19-20,22,24H,4-7,13-14H2,1-3H3,(H2,29,30)(H,31,35)/t15?,19-,20+,22-,24?/m1/s1. The van der Waals surface area contributed by atoms with Crippen LogP contribution in [-0.4, -0.2) is 57.8 Å². The van der Waals surface area contributed by atoms with E-state index in [-0.39, 0.29) is 12.1 Å². The molecule has 6 rings (SSSR count). The molecule has 2 aromatic heterocycles. The Labute approximate surface area is 221 Å². The van der Waals surface area contributed by atoms with Gasteiger partial charge in [-0.2, -0.15) is 0 Å². The molecule has 3 aliphatic rings. The number of nitrogens with zero attached hydrogens (tertiary/aromatic N) is 4. The molecular formula is C28H34N6O2S. The number of aryl methyl sites for hydroxylation is 1. The number of nitrogens with one attached hydrogen (secondary N) is 1. The van der Waals surface area contributed by atoms with E-state index < -0.39 is 11.8 Å². The van der Waals surface area contributed by atoms with Gasteiger partial charge >= 0.3 is 11.8 Å². The lowest BCUT2D eigenvalue weighted by Crippen LogP contribution is -2.48. The second-order valence-electron chi connectivity index (χ2n) is 10.9. The number of carbonyl (C=O) groups is 2. The van der Waals surface area contributed by atoms with Crippen molar-refractivity contribution in [3.8, 4) is 0 Å². The fraction of sp³-hybridized carbons (Fsp3) is 0.500. The zero-order valence-corrected chi connectivity index (χ0v) is 22.4. The molecule has 8 nitrogen and oxygen atoms in total. The molecule has 2 amide bonds. The Hall–Kier alpha value is -3.04. The minimum atomic E-state index is -0.644. The van der Waals surface area contributed by atoms with Crippen LogP contribution in [0.5, 0.6) is 0 Å². The Morgan fingerprint density at radius 3 is 2.73 bits per heavy atom. The van der Waals surface area contributed by atoms with E-state index in [1.54, 1.807) is 11.0 Å². The lowest BCUT2D eigenvalue weighted by Gasteiger charge is -2.40. The van der Waals surface area contributed by atoms with Crippen molar-refractivity contribution in [2.45, 2.75) is 57.5 Å². The average molecular weight is 519 g/mol. The highest BCUT2D eigenvalue weighted by Gasteiger charge is 2.56. The number of fused-ring (bicyclic) bond motifs is 2. The maximum atomic E-state index is 13.5. The van der Waals surface area contributed by atoms with Crippen LogP contribution >= 0.6 is 11.3 Å². The van der Waals surface area contributed by atoms with Gasteiger partial charge in [0.15, 0.2) is 0 Å². The molecule has 5 atom stereocenters. The molecule has 0 radical (unpaired) electrons. The molecule has 4 heterocycles. The van der Waals surface area contributed by atoms with Gasteiger partial charge in [0.2, 0.25) is 0 Å². The van der Waals surface area contributed by atoms with E-state index in [9.17, 15) is 9.59 Å². The summed E-state index contributed by atoms with van der Waals surface area (Å²) >= 11 is 1.81. The Kier molecular flexibility index (Phi) is 6.15. The number of carbonyl (C=O) groups excluding carboxylic acids is 2. The third-order valence-corrected chi connectivity index (χ3v) is 9.59. The number of thiazole rings is 1. The average Bonchev–Trinajstić information content (AvgIpc) is 3.19. The van der Waals surface area contributed by atoms with E-state index in [2.05, 4.69) is 40.4 Å². The largest absolute Gasteiger partial charge is 0.383 e. The normalized spacial score (nSPS) is 27.3. The highest BCUT2D eigenvalue weighted by molar-refractivity contribution is 7.18. The smallest absolute Gasteiger partial charge is 0.313 e. The number of anilines is 2. The highest BCUT2D eigenvalue weighted by atomic mass is 32.1.